The van der Waals surface area contributed by atoms with E-state index in [2.05, 4.69) is 34.8 Å². The number of ether oxygens (including phenoxy) is 2. The van der Waals surface area contributed by atoms with E-state index in [9.17, 15) is 4.79 Å². The van der Waals surface area contributed by atoms with Crippen molar-refractivity contribution in [1.82, 2.24) is 29.4 Å². The Morgan fingerprint density at radius 2 is 1.93 bits per heavy atom. The summed E-state index contributed by atoms with van der Waals surface area (Å²) in [5, 5.41) is 9.36. The summed E-state index contributed by atoms with van der Waals surface area (Å²) in [5.74, 6) is 0.186. The van der Waals surface area contributed by atoms with Crippen molar-refractivity contribution in [1.29, 1.82) is 0 Å². The number of aromatic nitrogens is 6. The molecule has 2 aromatic carbocycles. The topological polar surface area (TPSA) is 99.7 Å². The van der Waals surface area contributed by atoms with Gasteiger partial charge in [-0.05, 0) is 47.5 Å². The van der Waals surface area contributed by atoms with Crippen LogP contribution in [-0.2, 0) is 16.2 Å². The zero-order chi connectivity index (χ0) is 29.4. The summed E-state index contributed by atoms with van der Waals surface area (Å²) in [7, 11) is -1.19. The summed E-state index contributed by atoms with van der Waals surface area (Å²) in [6.45, 7) is 7.97. The van der Waals surface area contributed by atoms with Crippen LogP contribution in [0.15, 0.2) is 67.3 Å². The average Bonchev–Trinajstić information content (AvgIpc) is 3.69. The van der Waals surface area contributed by atoms with E-state index in [1.165, 1.54) is 17.3 Å². The van der Waals surface area contributed by atoms with Crippen LogP contribution in [0.2, 0.25) is 30.7 Å². The van der Waals surface area contributed by atoms with Gasteiger partial charge in [0, 0.05) is 31.5 Å². The van der Waals surface area contributed by atoms with Crippen LogP contribution >= 0.6 is 11.6 Å². The molecule has 216 valence electrons. The molecule has 4 heterocycles. The van der Waals surface area contributed by atoms with Gasteiger partial charge in [0.05, 0.1) is 11.8 Å². The lowest BCUT2D eigenvalue weighted by Gasteiger charge is -2.21. The summed E-state index contributed by atoms with van der Waals surface area (Å²) in [5.41, 5.74) is 2.78. The van der Waals surface area contributed by atoms with Gasteiger partial charge in [-0.25, -0.2) is 28.4 Å². The quantitative estimate of drug-likeness (QED) is 0.140. The standard InChI is InChI=1S/C29H29ClFN7O3Si/c1-42(2,3)13-12-40-18-36-17-32-27(35-36)22-9-6-20(14-24(22)31)23-15-33-37-11-10-26(34-28(23)37)38-25(16-41-29(38)39)19-4-7-21(30)8-5-19/h4-11,14-15,17,25H,12-13,16,18H2,1-3H3. The number of carbonyl (C=O) groups is 1. The van der Waals surface area contributed by atoms with Crippen molar-refractivity contribution in [2.24, 2.45) is 0 Å². The number of fused-ring (bicyclic) bond motifs is 1. The molecule has 1 unspecified atom stereocenters. The van der Waals surface area contributed by atoms with E-state index < -0.39 is 20.0 Å². The highest BCUT2D eigenvalue weighted by Crippen LogP contribution is 2.34. The van der Waals surface area contributed by atoms with Gasteiger partial charge in [0.15, 0.2) is 11.5 Å². The minimum atomic E-state index is -1.19. The Morgan fingerprint density at radius 3 is 2.69 bits per heavy atom. The van der Waals surface area contributed by atoms with Crippen molar-refractivity contribution in [2.45, 2.75) is 38.5 Å². The SMILES string of the molecule is C[Si](C)(C)CCOCn1cnc(-c2ccc(-c3cnn4ccc(N5C(=O)OCC5c5ccc(Cl)cc5)nc34)cc2F)n1. The molecular weight excluding hydrogens is 577 g/mol. The lowest BCUT2D eigenvalue weighted by Crippen LogP contribution is -2.28. The Labute approximate surface area is 247 Å². The molecule has 1 fully saturated rings. The van der Waals surface area contributed by atoms with E-state index in [-0.39, 0.29) is 30.8 Å². The summed E-state index contributed by atoms with van der Waals surface area (Å²) in [6.07, 6.45) is 4.36. The number of carbonyl (C=O) groups excluding carboxylic acids is 1. The van der Waals surface area contributed by atoms with Crippen LogP contribution in [0.5, 0.6) is 0 Å². The zero-order valence-electron chi connectivity index (χ0n) is 23.4. The molecule has 6 rings (SSSR count). The molecule has 0 saturated carbocycles. The van der Waals surface area contributed by atoms with E-state index in [1.807, 2.05) is 12.1 Å². The van der Waals surface area contributed by atoms with Gasteiger partial charge in [-0.15, -0.1) is 5.10 Å². The van der Waals surface area contributed by atoms with Gasteiger partial charge in [0.2, 0.25) is 0 Å². The summed E-state index contributed by atoms with van der Waals surface area (Å²) >= 11 is 6.05. The first-order valence-electron chi connectivity index (χ1n) is 13.5. The van der Waals surface area contributed by atoms with Gasteiger partial charge in [0.1, 0.15) is 37.3 Å². The normalized spacial score (nSPS) is 15.5. The van der Waals surface area contributed by atoms with E-state index in [4.69, 9.17) is 26.1 Å². The predicted molar refractivity (Wildman–Crippen MR) is 160 cm³/mol. The molecule has 10 nitrogen and oxygen atoms in total. The Morgan fingerprint density at radius 1 is 1.12 bits per heavy atom. The number of amides is 1. The number of rotatable bonds is 9. The molecule has 1 aliphatic rings. The molecular formula is C29H29ClFN7O3Si. The lowest BCUT2D eigenvalue weighted by molar-refractivity contribution is 0.0784. The molecule has 0 radical (unpaired) electrons. The Kier molecular flexibility index (Phi) is 7.52. The first-order valence-corrected chi connectivity index (χ1v) is 17.6. The fourth-order valence-electron chi connectivity index (χ4n) is 4.68. The Hall–Kier alpha value is -4.13. The second-order valence-electron chi connectivity index (χ2n) is 11.3. The Balaban J connectivity index is 1.24. The smallest absolute Gasteiger partial charge is 0.416 e. The average molecular weight is 606 g/mol. The first kappa shape index (κ1) is 28.0. The number of hydrogen-bond acceptors (Lipinski definition) is 7. The number of hydrogen-bond donors (Lipinski definition) is 0. The fraction of sp³-hybridized carbons (Fsp3) is 0.276. The number of nitrogens with zero attached hydrogens (tertiary/aromatic N) is 7. The zero-order valence-corrected chi connectivity index (χ0v) is 25.1. The second-order valence-corrected chi connectivity index (χ2v) is 17.3. The van der Waals surface area contributed by atoms with E-state index in [0.717, 1.165) is 11.6 Å². The van der Waals surface area contributed by atoms with Crippen LogP contribution in [0.3, 0.4) is 0 Å². The number of anilines is 1. The third kappa shape index (κ3) is 5.78. The minimum absolute atomic E-state index is 0.181. The van der Waals surface area contributed by atoms with E-state index >= 15 is 4.39 Å². The molecule has 1 amide bonds. The number of cyclic esters (lactones) is 1. The molecule has 1 atom stereocenters. The van der Waals surface area contributed by atoms with Crippen LogP contribution < -0.4 is 4.90 Å². The van der Waals surface area contributed by atoms with Gasteiger partial charge >= 0.3 is 6.09 Å². The van der Waals surface area contributed by atoms with Crippen molar-refractivity contribution in [3.05, 3.63) is 83.7 Å². The van der Waals surface area contributed by atoms with Gasteiger partial charge in [0.25, 0.3) is 0 Å². The number of benzene rings is 2. The number of halogens is 2. The third-order valence-corrected chi connectivity index (χ3v) is 8.96. The molecule has 0 aliphatic carbocycles. The highest BCUT2D eigenvalue weighted by atomic mass is 35.5. The molecule has 5 aromatic rings. The molecule has 3 aromatic heterocycles. The van der Waals surface area contributed by atoms with Crippen molar-refractivity contribution in [2.75, 3.05) is 18.1 Å². The van der Waals surface area contributed by atoms with Crippen molar-refractivity contribution < 1.29 is 18.7 Å². The van der Waals surface area contributed by atoms with Gasteiger partial charge in [-0.2, -0.15) is 5.10 Å². The van der Waals surface area contributed by atoms with Gasteiger partial charge < -0.3 is 9.47 Å². The summed E-state index contributed by atoms with van der Waals surface area (Å²) in [4.78, 5) is 23.2. The molecule has 1 aliphatic heterocycles. The van der Waals surface area contributed by atoms with Crippen LogP contribution in [0.1, 0.15) is 11.6 Å². The molecule has 0 spiro atoms. The third-order valence-electron chi connectivity index (χ3n) is 7.01. The van der Waals surface area contributed by atoms with Gasteiger partial charge in [-0.3, -0.25) is 4.90 Å². The van der Waals surface area contributed by atoms with Crippen molar-refractivity contribution in [3.8, 4) is 22.5 Å². The highest BCUT2D eigenvalue weighted by Gasteiger charge is 2.36. The predicted octanol–water partition coefficient (Wildman–Crippen LogP) is 6.46. The first-order chi connectivity index (χ1) is 20.2. The fourth-order valence-corrected chi connectivity index (χ4v) is 5.57. The Bertz CT molecular complexity index is 1750. The maximum absolute atomic E-state index is 15.4. The molecule has 0 bridgehead atoms. The van der Waals surface area contributed by atoms with E-state index in [1.54, 1.807) is 51.9 Å². The van der Waals surface area contributed by atoms with Crippen molar-refractivity contribution >= 4 is 37.2 Å². The van der Waals surface area contributed by atoms with Crippen LogP contribution in [0.25, 0.3) is 28.2 Å². The van der Waals surface area contributed by atoms with E-state index in [0.29, 0.717) is 34.2 Å². The van der Waals surface area contributed by atoms with Crippen LogP contribution in [0.4, 0.5) is 15.0 Å². The summed E-state index contributed by atoms with van der Waals surface area (Å²) < 4.78 is 29.6. The maximum atomic E-state index is 15.4. The second kappa shape index (κ2) is 11.3. The molecule has 1 saturated heterocycles. The molecule has 13 heteroatoms. The molecule has 0 N–H and O–H groups in total. The lowest BCUT2D eigenvalue weighted by atomic mass is 10.1. The van der Waals surface area contributed by atoms with Crippen molar-refractivity contribution in [3.63, 3.8) is 0 Å². The maximum Gasteiger partial charge on any atom is 0.416 e. The van der Waals surface area contributed by atoms with Crippen LogP contribution in [0, 0.1) is 5.82 Å². The largest absolute Gasteiger partial charge is 0.447 e. The minimum Gasteiger partial charge on any atom is -0.447 e. The highest BCUT2D eigenvalue weighted by molar-refractivity contribution is 6.76. The molecule has 42 heavy (non-hydrogen) atoms. The van der Waals surface area contributed by atoms with Crippen LogP contribution in [-0.4, -0.2) is 56.7 Å². The van der Waals surface area contributed by atoms with Gasteiger partial charge in [-0.1, -0.05) is 49.4 Å². The summed E-state index contributed by atoms with van der Waals surface area (Å²) in [6, 6.07) is 14.4. The monoisotopic (exact) mass is 605 g/mol.